The van der Waals surface area contributed by atoms with Crippen LogP contribution in [-0.2, 0) is 9.84 Å². The molecule has 3 rings (SSSR count). The fourth-order valence-corrected chi connectivity index (χ4v) is 3.78. The number of sulfone groups is 1. The number of nitrogens with one attached hydrogen (secondary N) is 2. The summed E-state index contributed by atoms with van der Waals surface area (Å²) in [5.41, 5.74) is 0.238. The molecule has 11 heteroatoms. The summed E-state index contributed by atoms with van der Waals surface area (Å²) in [4.78, 5) is 24.8. The zero-order valence-electron chi connectivity index (χ0n) is 16.2. The van der Waals surface area contributed by atoms with Crippen LogP contribution in [0.4, 0.5) is 20.2 Å². The lowest BCUT2D eigenvalue weighted by molar-refractivity contribution is 0.101. The molecule has 0 radical (unpaired) electrons. The Morgan fingerprint density at radius 2 is 1.53 bits per heavy atom. The predicted octanol–water partition coefficient (Wildman–Crippen LogP) is 5.18. The first-order chi connectivity index (χ1) is 15.0. The molecule has 0 aliphatic rings. The molecule has 32 heavy (non-hydrogen) atoms. The van der Waals surface area contributed by atoms with Crippen molar-refractivity contribution in [3.63, 3.8) is 0 Å². The van der Waals surface area contributed by atoms with Gasteiger partial charge in [0.05, 0.1) is 26.2 Å². The highest BCUT2D eigenvalue weighted by molar-refractivity contribution is 7.90. The summed E-state index contributed by atoms with van der Waals surface area (Å²) in [5.74, 6) is -3.80. The topological polar surface area (TPSA) is 92.3 Å². The summed E-state index contributed by atoms with van der Waals surface area (Å²) in [7, 11) is -3.49. The number of hydrogen-bond acceptors (Lipinski definition) is 4. The Bertz CT molecular complexity index is 1350. The number of hydrogen-bond donors (Lipinski definition) is 2. The van der Waals surface area contributed by atoms with Crippen LogP contribution in [0.25, 0.3) is 0 Å². The van der Waals surface area contributed by atoms with Gasteiger partial charge in [0.2, 0.25) is 0 Å². The number of amides is 2. The molecule has 166 valence electrons. The molecule has 3 aromatic carbocycles. The monoisotopic (exact) mass is 498 g/mol. The van der Waals surface area contributed by atoms with Gasteiger partial charge in [0.15, 0.2) is 21.5 Å². The predicted molar refractivity (Wildman–Crippen MR) is 118 cm³/mol. The van der Waals surface area contributed by atoms with E-state index >= 15 is 0 Å². The summed E-state index contributed by atoms with van der Waals surface area (Å²) >= 11 is 12.0. The zero-order valence-corrected chi connectivity index (χ0v) is 18.6. The Kier molecular flexibility index (Phi) is 6.82. The van der Waals surface area contributed by atoms with Gasteiger partial charge in [0, 0.05) is 17.5 Å². The number of carbonyl (C=O) groups excluding carboxylic acids is 2. The molecule has 0 saturated heterocycles. The molecule has 0 saturated carbocycles. The van der Waals surface area contributed by atoms with E-state index in [2.05, 4.69) is 10.6 Å². The first-order valence-electron chi connectivity index (χ1n) is 8.82. The van der Waals surface area contributed by atoms with E-state index in [9.17, 15) is 26.8 Å². The molecule has 2 amide bonds. The minimum Gasteiger partial charge on any atom is -0.322 e. The third kappa shape index (κ3) is 5.42. The van der Waals surface area contributed by atoms with E-state index in [0.717, 1.165) is 6.26 Å². The van der Waals surface area contributed by atoms with Gasteiger partial charge in [-0.2, -0.15) is 0 Å². The van der Waals surface area contributed by atoms with Crippen molar-refractivity contribution in [2.45, 2.75) is 4.90 Å². The molecule has 0 atom stereocenters. The van der Waals surface area contributed by atoms with Gasteiger partial charge in [-0.15, -0.1) is 0 Å². The van der Waals surface area contributed by atoms with Crippen molar-refractivity contribution in [1.82, 2.24) is 0 Å². The van der Waals surface area contributed by atoms with Crippen LogP contribution in [0.15, 0.2) is 59.5 Å². The summed E-state index contributed by atoms with van der Waals surface area (Å²) in [6.45, 7) is 0. The highest BCUT2D eigenvalue weighted by Crippen LogP contribution is 2.27. The fraction of sp³-hybridized carbons (Fsp3) is 0.0476. The van der Waals surface area contributed by atoms with Crippen LogP contribution in [-0.4, -0.2) is 26.5 Å². The molecule has 0 aromatic heterocycles. The molecule has 0 heterocycles. The van der Waals surface area contributed by atoms with Crippen LogP contribution in [0.5, 0.6) is 0 Å². The van der Waals surface area contributed by atoms with Gasteiger partial charge in [-0.25, -0.2) is 17.2 Å². The maximum Gasteiger partial charge on any atom is 0.257 e. The molecule has 2 N–H and O–H groups in total. The van der Waals surface area contributed by atoms with E-state index in [4.69, 9.17) is 23.2 Å². The number of carbonyl (C=O) groups is 2. The SMILES string of the molecule is CS(=O)(=O)c1cccc(C(=O)Nc2ccc(NC(=O)c3cc(F)c(F)cc3Cl)cc2Cl)c1. The molecule has 0 aliphatic carbocycles. The fourth-order valence-electron chi connectivity index (χ4n) is 2.65. The first-order valence-corrected chi connectivity index (χ1v) is 11.5. The van der Waals surface area contributed by atoms with Gasteiger partial charge in [0.25, 0.3) is 11.8 Å². The molecule has 0 fully saturated rings. The molecule has 3 aromatic rings. The average molecular weight is 499 g/mol. The summed E-state index contributed by atoms with van der Waals surface area (Å²) in [6.07, 6.45) is 1.03. The van der Waals surface area contributed by atoms with E-state index in [1.165, 1.54) is 42.5 Å². The molecule has 0 bridgehead atoms. The second-order valence-corrected chi connectivity index (χ2v) is 9.48. The third-order valence-electron chi connectivity index (χ3n) is 4.25. The first kappa shape index (κ1) is 23.6. The Hall–Kier alpha value is -3.01. The molecule has 6 nitrogen and oxygen atoms in total. The summed E-state index contributed by atoms with van der Waals surface area (Å²) in [5, 5.41) is 4.79. The maximum atomic E-state index is 13.4. The van der Waals surface area contributed by atoms with Crippen LogP contribution in [0.2, 0.25) is 10.0 Å². The largest absolute Gasteiger partial charge is 0.322 e. The van der Waals surface area contributed by atoms with E-state index in [1.54, 1.807) is 0 Å². The van der Waals surface area contributed by atoms with Crippen molar-refractivity contribution in [3.8, 4) is 0 Å². The van der Waals surface area contributed by atoms with E-state index in [1.807, 2.05) is 0 Å². The van der Waals surface area contributed by atoms with Crippen LogP contribution >= 0.6 is 23.2 Å². The minimum absolute atomic E-state index is 0.00908. The van der Waals surface area contributed by atoms with Gasteiger partial charge < -0.3 is 10.6 Å². The van der Waals surface area contributed by atoms with Crippen molar-refractivity contribution in [2.24, 2.45) is 0 Å². The Morgan fingerprint density at radius 1 is 0.844 bits per heavy atom. The third-order valence-corrected chi connectivity index (χ3v) is 5.99. The number of anilines is 2. The van der Waals surface area contributed by atoms with E-state index in [-0.39, 0.29) is 37.4 Å². The lowest BCUT2D eigenvalue weighted by atomic mass is 10.2. The molecule has 0 spiro atoms. The van der Waals surface area contributed by atoms with Crippen molar-refractivity contribution in [1.29, 1.82) is 0 Å². The Morgan fingerprint density at radius 3 is 2.19 bits per heavy atom. The van der Waals surface area contributed by atoms with Crippen LogP contribution < -0.4 is 10.6 Å². The summed E-state index contributed by atoms with van der Waals surface area (Å²) < 4.78 is 49.9. The van der Waals surface area contributed by atoms with Crippen molar-refractivity contribution < 1.29 is 26.8 Å². The van der Waals surface area contributed by atoms with Crippen LogP contribution in [0, 0.1) is 11.6 Å². The second kappa shape index (κ2) is 9.23. The molecule has 0 unspecified atom stereocenters. The number of benzene rings is 3. The lowest BCUT2D eigenvalue weighted by Gasteiger charge is -2.11. The van der Waals surface area contributed by atoms with Crippen LogP contribution in [0.3, 0.4) is 0 Å². The Labute approximate surface area is 192 Å². The van der Waals surface area contributed by atoms with Gasteiger partial charge in [-0.3, -0.25) is 9.59 Å². The number of rotatable bonds is 5. The number of halogens is 4. The molecule has 0 aliphatic heterocycles. The lowest BCUT2D eigenvalue weighted by Crippen LogP contribution is -2.15. The van der Waals surface area contributed by atoms with Gasteiger partial charge in [-0.05, 0) is 48.5 Å². The van der Waals surface area contributed by atoms with Crippen LogP contribution in [0.1, 0.15) is 20.7 Å². The van der Waals surface area contributed by atoms with Gasteiger partial charge >= 0.3 is 0 Å². The smallest absolute Gasteiger partial charge is 0.257 e. The van der Waals surface area contributed by atoms with E-state index in [0.29, 0.717) is 12.1 Å². The average Bonchev–Trinajstić information content (AvgIpc) is 2.72. The molecular formula is C21H14Cl2F2N2O4S. The Balaban J connectivity index is 1.76. The van der Waals surface area contributed by atoms with Gasteiger partial charge in [0.1, 0.15) is 0 Å². The quantitative estimate of drug-likeness (QED) is 0.474. The zero-order chi connectivity index (χ0) is 23.6. The van der Waals surface area contributed by atoms with Gasteiger partial charge in [-0.1, -0.05) is 29.3 Å². The highest BCUT2D eigenvalue weighted by Gasteiger charge is 2.17. The normalized spacial score (nSPS) is 11.2. The van der Waals surface area contributed by atoms with Crippen molar-refractivity contribution in [3.05, 3.63) is 87.4 Å². The van der Waals surface area contributed by atoms with E-state index < -0.39 is 33.3 Å². The molecular weight excluding hydrogens is 485 g/mol. The summed E-state index contributed by atoms with van der Waals surface area (Å²) in [6, 6.07) is 11.0. The maximum absolute atomic E-state index is 13.4. The standard InChI is InChI=1S/C21H14Cl2F2N2O4S/c1-32(30,31)13-4-2-3-11(7-13)20(28)27-19-6-5-12(8-16(19)23)26-21(29)14-9-17(24)18(25)10-15(14)22/h2-10H,1H3,(H,26,29)(H,27,28). The second-order valence-electron chi connectivity index (χ2n) is 6.65. The highest BCUT2D eigenvalue weighted by atomic mass is 35.5. The minimum atomic E-state index is -3.49. The van der Waals surface area contributed by atoms with Crippen molar-refractivity contribution >= 4 is 56.2 Å². The van der Waals surface area contributed by atoms with Crippen molar-refractivity contribution in [2.75, 3.05) is 16.9 Å².